The van der Waals surface area contributed by atoms with E-state index in [1.54, 1.807) is 25.3 Å². The molecule has 1 aliphatic heterocycles. The molecule has 3 aromatic carbocycles. The van der Waals surface area contributed by atoms with Crippen molar-refractivity contribution in [2.75, 3.05) is 13.8 Å². The van der Waals surface area contributed by atoms with Crippen molar-refractivity contribution in [1.82, 2.24) is 4.90 Å². The summed E-state index contributed by atoms with van der Waals surface area (Å²) in [5, 5.41) is 0.513. The zero-order valence-corrected chi connectivity index (χ0v) is 16.9. The Bertz CT molecular complexity index is 1300. The average molecular weight is 417 g/mol. The van der Waals surface area contributed by atoms with Crippen molar-refractivity contribution in [2.24, 2.45) is 0 Å². The SMILES string of the molecule is COc1ccc(-c2coc3c4c(ccc3c2=O)OCN(Cc2ccc(F)cc2)C4)cc1. The largest absolute Gasteiger partial charge is 0.497 e. The van der Waals surface area contributed by atoms with E-state index in [0.717, 1.165) is 22.4 Å². The quantitative estimate of drug-likeness (QED) is 0.470. The van der Waals surface area contributed by atoms with Crippen LogP contribution in [0.25, 0.3) is 22.1 Å². The fraction of sp³-hybridized carbons (Fsp3) is 0.160. The van der Waals surface area contributed by atoms with Crippen LogP contribution < -0.4 is 14.9 Å². The first-order valence-corrected chi connectivity index (χ1v) is 9.94. The van der Waals surface area contributed by atoms with Gasteiger partial charge in [-0.15, -0.1) is 0 Å². The molecule has 0 saturated carbocycles. The van der Waals surface area contributed by atoms with E-state index in [9.17, 15) is 9.18 Å². The van der Waals surface area contributed by atoms with Gasteiger partial charge in [-0.25, -0.2) is 4.39 Å². The Morgan fingerprint density at radius 1 is 1.03 bits per heavy atom. The number of ether oxygens (including phenoxy) is 2. The normalized spacial score (nSPS) is 13.6. The maximum Gasteiger partial charge on any atom is 0.200 e. The van der Waals surface area contributed by atoms with E-state index in [0.29, 0.717) is 42.1 Å². The van der Waals surface area contributed by atoms with Crippen LogP contribution in [0.2, 0.25) is 0 Å². The molecule has 156 valence electrons. The zero-order valence-electron chi connectivity index (χ0n) is 16.9. The third kappa shape index (κ3) is 3.66. The van der Waals surface area contributed by atoms with E-state index in [-0.39, 0.29) is 11.2 Å². The molecule has 0 N–H and O–H groups in total. The van der Waals surface area contributed by atoms with E-state index >= 15 is 0 Å². The highest BCUT2D eigenvalue weighted by Crippen LogP contribution is 2.33. The molecule has 1 aromatic heterocycles. The summed E-state index contributed by atoms with van der Waals surface area (Å²) in [6.45, 7) is 1.57. The molecule has 0 aliphatic carbocycles. The van der Waals surface area contributed by atoms with Gasteiger partial charge < -0.3 is 13.9 Å². The molecule has 6 heteroatoms. The number of hydrogen-bond donors (Lipinski definition) is 0. The van der Waals surface area contributed by atoms with Crippen molar-refractivity contribution in [3.05, 3.63) is 94.1 Å². The van der Waals surface area contributed by atoms with Gasteiger partial charge in [-0.1, -0.05) is 24.3 Å². The fourth-order valence-corrected chi connectivity index (χ4v) is 3.87. The Morgan fingerprint density at radius 3 is 2.55 bits per heavy atom. The maximum atomic E-state index is 13.2. The molecule has 1 aliphatic rings. The molecule has 0 amide bonds. The predicted octanol–water partition coefficient (Wildman–Crippen LogP) is 4.96. The minimum absolute atomic E-state index is 0.0927. The van der Waals surface area contributed by atoms with Gasteiger partial charge in [-0.3, -0.25) is 9.69 Å². The summed E-state index contributed by atoms with van der Waals surface area (Å²) < 4.78 is 30.2. The Kier molecular flexibility index (Phi) is 4.92. The van der Waals surface area contributed by atoms with Crippen LogP contribution in [0.15, 0.2) is 76.1 Å². The molecule has 0 radical (unpaired) electrons. The molecule has 2 heterocycles. The average Bonchev–Trinajstić information content (AvgIpc) is 2.81. The standard InChI is InChI=1S/C25H20FNO4/c1-29-19-8-4-17(5-9-19)22-14-30-25-20(24(22)28)10-11-23-21(25)13-27(15-31-23)12-16-2-6-18(26)7-3-16/h2-11,14H,12-13,15H2,1H3. The minimum atomic E-state index is -0.260. The third-order valence-corrected chi connectivity index (χ3v) is 5.51. The number of methoxy groups -OCH3 is 1. The lowest BCUT2D eigenvalue weighted by Gasteiger charge is -2.29. The number of hydrogen-bond acceptors (Lipinski definition) is 5. The van der Waals surface area contributed by atoms with Gasteiger partial charge in [0.15, 0.2) is 0 Å². The van der Waals surface area contributed by atoms with Crippen LogP contribution in [0.3, 0.4) is 0 Å². The highest BCUT2D eigenvalue weighted by molar-refractivity contribution is 5.85. The summed E-state index contributed by atoms with van der Waals surface area (Å²) in [5.74, 6) is 1.18. The van der Waals surface area contributed by atoms with Gasteiger partial charge in [-0.05, 0) is 47.5 Å². The number of nitrogens with zero attached hydrogens (tertiary/aromatic N) is 1. The Hall–Kier alpha value is -3.64. The summed E-state index contributed by atoms with van der Waals surface area (Å²) >= 11 is 0. The molecule has 0 atom stereocenters. The van der Waals surface area contributed by atoms with Crippen molar-refractivity contribution in [2.45, 2.75) is 13.1 Å². The summed E-state index contributed by atoms with van der Waals surface area (Å²) in [4.78, 5) is 15.3. The first-order valence-electron chi connectivity index (χ1n) is 9.94. The van der Waals surface area contributed by atoms with Crippen molar-refractivity contribution < 1.29 is 18.3 Å². The molecule has 0 unspecified atom stereocenters. The second kappa shape index (κ2) is 7.89. The van der Waals surface area contributed by atoms with Gasteiger partial charge in [0.2, 0.25) is 5.43 Å². The van der Waals surface area contributed by atoms with Crippen LogP contribution in [0.1, 0.15) is 11.1 Å². The number of rotatable bonds is 4. The van der Waals surface area contributed by atoms with Crippen LogP contribution in [-0.4, -0.2) is 18.7 Å². The molecule has 0 saturated heterocycles. The van der Waals surface area contributed by atoms with Gasteiger partial charge in [-0.2, -0.15) is 0 Å². The fourth-order valence-electron chi connectivity index (χ4n) is 3.87. The van der Waals surface area contributed by atoms with Crippen molar-refractivity contribution in [1.29, 1.82) is 0 Å². The molecular weight excluding hydrogens is 397 g/mol. The highest BCUT2D eigenvalue weighted by Gasteiger charge is 2.23. The third-order valence-electron chi connectivity index (χ3n) is 5.51. The van der Waals surface area contributed by atoms with Crippen LogP contribution in [-0.2, 0) is 13.1 Å². The molecule has 5 nitrogen and oxygen atoms in total. The van der Waals surface area contributed by atoms with E-state index in [2.05, 4.69) is 4.90 Å². The van der Waals surface area contributed by atoms with Crippen LogP contribution in [0, 0.1) is 5.82 Å². The maximum absolute atomic E-state index is 13.2. The summed E-state index contributed by atoms with van der Waals surface area (Å²) in [6.07, 6.45) is 1.51. The smallest absolute Gasteiger partial charge is 0.200 e. The van der Waals surface area contributed by atoms with Crippen molar-refractivity contribution in [3.8, 4) is 22.6 Å². The summed E-state index contributed by atoms with van der Waals surface area (Å²) in [7, 11) is 1.60. The molecule has 4 aromatic rings. The van der Waals surface area contributed by atoms with Crippen LogP contribution in [0.5, 0.6) is 11.5 Å². The topological polar surface area (TPSA) is 51.9 Å². The van der Waals surface area contributed by atoms with Crippen LogP contribution >= 0.6 is 0 Å². The van der Waals surface area contributed by atoms with Crippen molar-refractivity contribution >= 4 is 11.0 Å². The van der Waals surface area contributed by atoms with Crippen LogP contribution in [0.4, 0.5) is 4.39 Å². The lowest BCUT2D eigenvalue weighted by molar-refractivity contribution is 0.0890. The lowest BCUT2D eigenvalue weighted by Crippen LogP contribution is -2.31. The molecule has 0 bridgehead atoms. The second-order valence-corrected chi connectivity index (χ2v) is 7.51. The van der Waals surface area contributed by atoms with Gasteiger partial charge in [0, 0.05) is 13.1 Å². The Morgan fingerprint density at radius 2 is 1.81 bits per heavy atom. The van der Waals surface area contributed by atoms with Crippen molar-refractivity contribution in [3.63, 3.8) is 0 Å². The molecule has 31 heavy (non-hydrogen) atoms. The lowest BCUT2D eigenvalue weighted by atomic mass is 10.0. The first-order chi connectivity index (χ1) is 15.1. The monoisotopic (exact) mass is 417 g/mol. The van der Waals surface area contributed by atoms with Gasteiger partial charge in [0.1, 0.15) is 35.9 Å². The molecule has 0 spiro atoms. The van der Waals surface area contributed by atoms with E-state index in [1.807, 2.05) is 30.3 Å². The zero-order chi connectivity index (χ0) is 21.4. The van der Waals surface area contributed by atoms with E-state index in [4.69, 9.17) is 13.9 Å². The Balaban J connectivity index is 1.49. The second-order valence-electron chi connectivity index (χ2n) is 7.51. The van der Waals surface area contributed by atoms with E-state index < -0.39 is 0 Å². The first kappa shape index (κ1) is 19.3. The van der Waals surface area contributed by atoms with E-state index in [1.165, 1.54) is 18.4 Å². The molecule has 0 fully saturated rings. The highest BCUT2D eigenvalue weighted by atomic mass is 19.1. The summed E-state index contributed by atoms with van der Waals surface area (Å²) in [6, 6.07) is 17.3. The summed E-state index contributed by atoms with van der Waals surface area (Å²) in [5.41, 5.74) is 3.52. The van der Waals surface area contributed by atoms with Gasteiger partial charge in [0.25, 0.3) is 0 Å². The molecular formula is C25H20FNO4. The molecule has 5 rings (SSSR count). The van der Waals surface area contributed by atoms with Gasteiger partial charge in [0.05, 0.1) is 23.6 Å². The Labute approximate surface area is 178 Å². The number of halogens is 1. The van der Waals surface area contributed by atoms with Gasteiger partial charge >= 0.3 is 0 Å². The number of benzene rings is 3. The minimum Gasteiger partial charge on any atom is -0.497 e. The number of fused-ring (bicyclic) bond motifs is 3. The predicted molar refractivity (Wildman–Crippen MR) is 116 cm³/mol.